The Labute approximate surface area is 125 Å². The smallest absolute Gasteiger partial charge is 0.271 e. The van der Waals surface area contributed by atoms with Gasteiger partial charge in [0.05, 0.1) is 10.6 Å². The highest BCUT2D eigenvalue weighted by molar-refractivity contribution is 7.80. The molecule has 0 aromatic heterocycles. The monoisotopic (exact) mass is 305 g/mol. The molecule has 0 unspecified atom stereocenters. The number of halogens is 1. The average molecular weight is 305 g/mol. The molecule has 2 rings (SSSR count). The van der Waals surface area contributed by atoms with E-state index in [4.69, 9.17) is 12.2 Å². The molecule has 108 valence electrons. The minimum absolute atomic E-state index is 0.0474. The number of nitrogens with zero attached hydrogens (tertiary/aromatic N) is 1. The number of nitro benzene ring substituents is 1. The molecule has 0 saturated heterocycles. The molecule has 0 fully saturated rings. The van der Waals surface area contributed by atoms with Crippen molar-refractivity contribution in [2.45, 2.75) is 6.92 Å². The van der Waals surface area contributed by atoms with Crippen LogP contribution in [0.5, 0.6) is 0 Å². The fraction of sp³-hybridized carbons (Fsp3) is 0.0714. The van der Waals surface area contributed by atoms with Crippen molar-refractivity contribution >= 4 is 34.4 Å². The molecular weight excluding hydrogens is 293 g/mol. The number of nitro groups is 1. The predicted octanol–water partition coefficient (Wildman–Crippen LogP) is 3.85. The van der Waals surface area contributed by atoms with Gasteiger partial charge in [-0.1, -0.05) is 17.7 Å². The van der Waals surface area contributed by atoms with Crippen molar-refractivity contribution in [2.75, 3.05) is 10.6 Å². The van der Waals surface area contributed by atoms with Gasteiger partial charge in [0.1, 0.15) is 5.82 Å². The van der Waals surface area contributed by atoms with Gasteiger partial charge in [-0.05, 0) is 37.3 Å². The van der Waals surface area contributed by atoms with Gasteiger partial charge in [0.15, 0.2) is 5.11 Å². The van der Waals surface area contributed by atoms with E-state index in [-0.39, 0.29) is 16.5 Å². The van der Waals surface area contributed by atoms with E-state index in [0.29, 0.717) is 0 Å². The van der Waals surface area contributed by atoms with Crippen LogP contribution in [0.25, 0.3) is 0 Å². The van der Waals surface area contributed by atoms with Crippen molar-refractivity contribution in [3.8, 4) is 0 Å². The van der Waals surface area contributed by atoms with Gasteiger partial charge < -0.3 is 10.6 Å². The quantitative estimate of drug-likeness (QED) is 0.512. The minimum atomic E-state index is -0.617. The van der Waals surface area contributed by atoms with Gasteiger partial charge in [0.25, 0.3) is 5.69 Å². The van der Waals surface area contributed by atoms with E-state index in [1.165, 1.54) is 0 Å². The second-order valence-corrected chi connectivity index (χ2v) is 4.77. The molecule has 0 aliphatic carbocycles. The lowest BCUT2D eigenvalue weighted by atomic mass is 10.2. The zero-order valence-electron chi connectivity index (χ0n) is 11.1. The molecule has 0 spiro atoms. The molecule has 0 atom stereocenters. The van der Waals surface area contributed by atoms with Gasteiger partial charge in [-0.2, -0.15) is 0 Å². The van der Waals surface area contributed by atoms with Gasteiger partial charge in [-0.15, -0.1) is 0 Å². The van der Waals surface area contributed by atoms with Crippen LogP contribution in [-0.4, -0.2) is 10.0 Å². The summed E-state index contributed by atoms with van der Waals surface area (Å²) in [5.41, 5.74) is 1.58. The zero-order chi connectivity index (χ0) is 15.4. The largest absolute Gasteiger partial charge is 0.332 e. The first kappa shape index (κ1) is 14.9. The summed E-state index contributed by atoms with van der Waals surface area (Å²) in [4.78, 5) is 10.1. The zero-order valence-corrected chi connectivity index (χ0v) is 11.9. The van der Waals surface area contributed by atoms with Crippen LogP contribution in [0.1, 0.15) is 5.56 Å². The van der Waals surface area contributed by atoms with Crippen LogP contribution < -0.4 is 10.6 Å². The lowest BCUT2D eigenvalue weighted by molar-refractivity contribution is -0.384. The molecule has 0 aliphatic rings. The Balaban J connectivity index is 2.10. The van der Waals surface area contributed by atoms with E-state index in [9.17, 15) is 14.5 Å². The van der Waals surface area contributed by atoms with Gasteiger partial charge in [0.2, 0.25) is 0 Å². The fourth-order valence-electron chi connectivity index (χ4n) is 1.64. The van der Waals surface area contributed by atoms with Crippen molar-refractivity contribution in [2.24, 2.45) is 0 Å². The summed E-state index contributed by atoms with van der Waals surface area (Å²) in [5, 5.41) is 16.3. The Bertz CT molecular complexity index is 689. The van der Waals surface area contributed by atoms with Crippen LogP contribution in [0.4, 0.5) is 21.5 Å². The van der Waals surface area contributed by atoms with Crippen molar-refractivity contribution in [1.82, 2.24) is 0 Å². The normalized spacial score (nSPS) is 10.0. The second kappa shape index (κ2) is 6.27. The maximum atomic E-state index is 13.6. The van der Waals surface area contributed by atoms with Gasteiger partial charge in [0, 0.05) is 17.8 Å². The van der Waals surface area contributed by atoms with Crippen LogP contribution in [0.2, 0.25) is 0 Å². The molecule has 0 amide bonds. The number of non-ortho nitro benzene ring substituents is 1. The molecule has 5 nitrogen and oxygen atoms in total. The van der Waals surface area contributed by atoms with E-state index in [1.54, 1.807) is 0 Å². The van der Waals surface area contributed by atoms with Crippen molar-refractivity contribution in [3.05, 3.63) is 64.0 Å². The molecule has 0 aliphatic heterocycles. The van der Waals surface area contributed by atoms with E-state index in [0.717, 1.165) is 29.4 Å². The number of rotatable bonds is 3. The fourth-order valence-corrected chi connectivity index (χ4v) is 1.87. The Morgan fingerprint density at radius 3 is 2.48 bits per heavy atom. The lowest BCUT2D eigenvalue weighted by Crippen LogP contribution is -2.19. The third kappa shape index (κ3) is 3.96. The minimum Gasteiger partial charge on any atom is -0.332 e. The van der Waals surface area contributed by atoms with E-state index < -0.39 is 10.7 Å². The van der Waals surface area contributed by atoms with E-state index in [2.05, 4.69) is 10.6 Å². The molecule has 0 heterocycles. The first-order valence-electron chi connectivity index (χ1n) is 6.04. The average Bonchev–Trinajstić information content (AvgIpc) is 2.43. The highest BCUT2D eigenvalue weighted by atomic mass is 32.1. The summed E-state index contributed by atoms with van der Waals surface area (Å²) in [7, 11) is 0. The molecule has 0 saturated carbocycles. The van der Waals surface area contributed by atoms with Crippen LogP contribution in [0, 0.1) is 22.9 Å². The Morgan fingerprint density at radius 1 is 1.19 bits per heavy atom. The number of aryl methyl sites for hydroxylation is 1. The summed E-state index contributed by atoms with van der Waals surface area (Å²) < 4.78 is 13.6. The maximum absolute atomic E-state index is 13.6. The SMILES string of the molecule is Cc1ccc(NC(=S)Nc2cc([N+](=O)[O-])ccc2F)cc1. The molecule has 7 heteroatoms. The van der Waals surface area contributed by atoms with Gasteiger partial charge in [-0.25, -0.2) is 4.39 Å². The predicted molar refractivity (Wildman–Crippen MR) is 84.1 cm³/mol. The van der Waals surface area contributed by atoms with Crippen LogP contribution in [0.15, 0.2) is 42.5 Å². The Hall–Kier alpha value is -2.54. The number of benzene rings is 2. The maximum Gasteiger partial charge on any atom is 0.271 e. The second-order valence-electron chi connectivity index (χ2n) is 4.37. The van der Waals surface area contributed by atoms with E-state index >= 15 is 0 Å². The van der Waals surface area contributed by atoms with Crippen LogP contribution >= 0.6 is 12.2 Å². The Morgan fingerprint density at radius 2 is 1.86 bits per heavy atom. The van der Waals surface area contributed by atoms with Crippen molar-refractivity contribution in [1.29, 1.82) is 0 Å². The third-order valence-corrected chi connectivity index (χ3v) is 2.92. The number of nitrogens with one attached hydrogen (secondary N) is 2. The van der Waals surface area contributed by atoms with Crippen molar-refractivity contribution in [3.63, 3.8) is 0 Å². The van der Waals surface area contributed by atoms with Crippen LogP contribution in [-0.2, 0) is 0 Å². The first-order valence-corrected chi connectivity index (χ1v) is 6.45. The molecule has 21 heavy (non-hydrogen) atoms. The Kier molecular flexibility index (Phi) is 4.44. The topological polar surface area (TPSA) is 67.2 Å². The van der Waals surface area contributed by atoms with Gasteiger partial charge in [-0.3, -0.25) is 10.1 Å². The number of thiocarbonyl (C=S) groups is 1. The standard InChI is InChI=1S/C14H12FN3O2S/c1-9-2-4-10(5-3-9)16-14(21)17-13-8-11(18(19)20)6-7-12(13)15/h2-8H,1H3,(H2,16,17,21). The number of hydrogen-bond donors (Lipinski definition) is 2. The summed E-state index contributed by atoms with van der Waals surface area (Å²) in [6, 6.07) is 10.7. The summed E-state index contributed by atoms with van der Waals surface area (Å²) in [6.07, 6.45) is 0. The number of anilines is 2. The molecule has 0 radical (unpaired) electrons. The highest BCUT2D eigenvalue weighted by Crippen LogP contribution is 2.21. The lowest BCUT2D eigenvalue weighted by Gasteiger charge is -2.11. The molecule has 2 aromatic rings. The van der Waals surface area contributed by atoms with Crippen molar-refractivity contribution < 1.29 is 9.31 Å². The highest BCUT2D eigenvalue weighted by Gasteiger charge is 2.11. The molecule has 2 aromatic carbocycles. The van der Waals surface area contributed by atoms with Crippen LogP contribution in [0.3, 0.4) is 0 Å². The summed E-state index contributed by atoms with van der Waals surface area (Å²) in [6.45, 7) is 1.96. The van der Waals surface area contributed by atoms with Gasteiger partial charge >= 0.3 is 0 Å². The summed E-state index contributed by atoms with van der Waals surface area (Å²) >= 11 is 5.06. The molecule has 0 bridgehead atoms. The van der Waals surface area contributed by atoms with E-state index in [1.807, 2.05) is 31.2 Å². The summed E-state index contributed by atoms with van der Waals surface area (Å²) in [5.74, 6) is -0.617. The first-order chi connectivity index (χ1) is 9.95. The number of hydrogen-bond acceptors (Lipinski definition) is 3. The molecule has 2 N–H and O–H groups in total. The third-order valence-electron chi connectivity index (χ3n) is 2.72. The molecular formula is C14H12FN3O2S.